The van der Waals surface area contributed by atoms with E-state index < -0.39 is 0 Å². The van der Waals surface area contributed by atoms with Crippen LogP contribution in [0.2, 0.25) is 0 Å². The van der Waals surface area contributed by atoms with Crippen LogP contribution in [0.4, 0.5) is 5.82 Å². The van der Waals surface area contributed by atoms with Gasteiger partial charge in [0.05, 0.1) is 5.69 Å². The molecule has 0 fully saturated rings. The van der Waals surface area contributed by atoms with Crippen LogP contribution < -0.4 is 10.6 Å². The van der Waals surface area contributed by atoms with E-state index in [4.69, 9.17) is 0 Å². The maximum Gasteiger partial charge on any atom is 0.270 e. The van der Waals surface area contributed by atoms with E-state index in [9.17, 15) is 4.79 Å². The molecule has 1 aromatic carbocycles. The Hall–Kier alpha value is -3.81. The summed E-state index contributed by atoms with van der Waals surface area (Å²) in [6, 6.07) is 13.3. The molecule has 0 bridgehead atoms. The molecule has 2 N–H and O–H groups in total. The van der Waals surface area contributed by atoms with Crippen molar-refractivity contribution in [1.82, 2.24) is 30.0 Å². The Balaban J connectivity index is 1.35. The summed E-state index contributed by atoms with van der Waals surface area (Å²) in [6.45, 7) is 2.87. The second kappa shape index (κ2) is 7.83. The first-order valence-corrected chi connectivity index (χ1v) is 8.91. The quantitative estimate of drug-likeness (QED) is 0.504. The van der Waals surface area contributed by atoms with E-state index in [2.05, 4.69) is 30.7 Å². The second-order valence-corrected chi connectivity index (χ2v) is 6.23. The standard InChI is InChI=1S/C20H19N7O/c1-14-7-11-27(26-14)18-12-17(24-13-25-18)21-9-10-23-20(28)19-16-5-3-2-4-15(16)6-8-22-19/h2-8,11-13H,9-10H2,1H3,(H,23,28)(H,21,24,25). The van der Waals surface area contributed by atoms with E-state index in [-0.39, 0.29) is 5.91 Å². The fourth-order valence-electron chi connectivity index (χ4n) is 2.86. The number of rotatable bonds is 6. The van der Waals surface area contributed by atoms with Gasteiger partial charge < -0.3 is 10.6 Å². The molecule has 28 heavy (non-hydrogen) atoms. The number of nitrogens with one attached hydrogen (secondary N) is 2. The molecule has 0 radical (unpaired) electrons. The lowest BCUT2D eigenvalue weighted by atomic mass is 10.1. The molecule has 0 saturated heterocycles. The zero-order valence-corrected chi connectivity index (χ0v) is 15.3. The highest BCUT2D eigenvalue weighted by atomic mass is 16.1. The summed E-state index contributed by atoms with van der Waals surface area (Å²) in [5, 5.41) is 12.2. The number of nitrogens with zero attached hydrogens (tertiary/aromatic N) is 5. The zero-order chi connectivity index (χ0) is 19.3. The third-order valence-electron chi connectivity index (χ3n) is 4.22. The van der Waals surface area contributed by atoms with Gasteiger partial charge in [-0.25, -0.2) is 14.6 Å². The molecule has 0 atom stereocenters. The van der Waals surface area contributed by atoms with Gasteiger partial charge in [0.2, 0.25) is 0 Å². The topological polar surface area (TPSA) is 97.6 Å². The number of hydrogen-bond donors (Lipinski definition) is 2. The van der Waals surface area contributed by atoms with Crippen LogP contribution in [0, 0.1) is 6.92 Å². The van der Waals surface area contributed by atoms with E-state index >= 15 is 0 Å². The fourth-order valence-corrected chi connectivity index (χ4v) is 2.86. The van der Waals surface area contributed by atoms with Crippen molar-refractivity contribution < 1.29 is 4.79 Å². The predicted octanol–water partition coefficient (Wildman–Crippen LogP) is 2.36. The van der Waals surface area contributed by atoms with E-state index in [0.29, 0.717) is 30.4 Å². The Morgan fingerprint density at radius 3 is 2.82 bits per heavy atom. The van der Waals surface area contributed by atoms with Crippen LogP contribution in [0.25, 0.3) is 16.6 Å². The lowest BCUT2D eigenvalue weighted by Crippen LogP contribution is -2.29. The van der Waals surface area contributed by atoms with Gasteiger partial charge in [0.25, 0.3) is 5.91 Å². The molecule has 0 aliphatic rings. The molecule has 0 aliphatic heterocycles. The SMILES string of the molecule is Cc1ccn(-c2cc(NCCNC(=O)c3nccc4ccccc34)ncn2)n1. The molecule has 140 valence electrons. The van der Waals surface area contributed by atoms with Crippen molar-refractivity contribution in [2.45, 2.75) is 6.92 Å². The molecule has 0 spiro atoms. The van der Waals surface area contributed by atoms with Crippen molar-refractivity contribution in [2.24, 2.45) is 0 Å². The van der Waals surface area contributed by atoms with Crippen LogP contribution in [0.1, 0.15) is 16.2 Å². The minimum absolute atomic E-state index is 0.200. The van der Waals surface area contributed by atoms with Gasteiger partial charge in [-0.2, -0.15) is 5.10 Å². The van der Waals surface area contributed by atoms with Crippen LogP contribution in [0.5, 0.6) is 0 Å². The van der Waals surface area contributed by atoms with E-state index in [1.807, 2.05) is 49.5 Å². The predicted molar refractivity (Wildman–Crippen MR) is 106 cm³/mol. The molecule has 0 unspecified atom stereocenters. The summed E-state index contributed by atoms with van der Waals surface area (Å²) in [5.41, 5.74) is 1.34. The van der Waals surface area contributed by atoms with Crippen molar-refractivity contribution in [3.05, 3.63) is 72.6 Å². The molecule has 4 aromatic rings. The number of carbonyl (C=O) groups is 1. The molecule has 8 nitrogen and oxygen atoms in total. The van der Waals surface area contributed by atoms with E-state index in [1.54, 1.807) is 16.9 Å². The fraction of sp³-hybridized carbons (Fsp3) is 0.150. The average Bonchev–Trinajstić information content (AvgIpc) is 3.17. The monoisotopic (exact) mass is 373 g/mol. The van der Waals surface area contributed by atoms with Gasteiger partial charge in [0.1, 0.15) is 17.8 Å². The minimum Gasteiger partial charge on any atom is -0.368 e. The normalized spacial score (nSPS) is 10.8. The number of hydrogen-bond acceptors (Lipinski definition) is 6. The molecular weight excluding hydrogens is 354 g/mol. The van der Waals surface area contributed by atoms with Crippen LogP contribution in [0.3, 0.4) is 0 Å². The number of anilines is 1. The molecule has 1 amide bonds. The van der Waals surface area contributed by atoms with Crippen LogP contribution in [-0.2, 0) is 0 Å². The molecule has 8 heteroatoms. The van der Waals surface area contributed by atoms with E-state index in [1.165, 1.54) is 6.33 Å². The first-order chi connectivity index (χ1) is 13.7. The molecular formula is C20H19N7O. The highest BCUT2D eigenvalue weighted by molar-refractivity contribution is 6.05. The third-order valence-corrected chi connectivity index (χ3v) is 4.22. The molecule has 0 saturated carbocycles. The first-order valence-electron chi connectivity index (χ1n) is 8.91. The summed E-state index contributed by atoms with van der Waals surface area (Å²) < 4.78 is 1.69. The highest BCUT2D eigenvalue weighted by Crippen LogP contribution is 2.16. The first kappa shape index (κ1) is 17.6. The summed E-state index contributed by atoms with van der Waals surface area (Å²) >= 11 is 0. The van der Waals surface area contributed by atoms with E-state index in [0.717, 1.165) is 16.5 Å². The average molecular weight is 373 g/mol. The molecule has 0 aliphatic carbocycles. The van der Waals surface area contributed by atoms with Gasteiger partial charge in [-0.3, -0.25) is 9.78 Å². The Morgan fingerprint density at radius 1 is 1.07 bits per heavy atom. The number of carbonyl (C=O) groups excluding carboxylic acids is 1. The number of fused-ring (bicyclic) bond motifs is 1. The van der Waals surface area contributed by atoms with Gasteiger partial charge in [-0.1, -0.05) is 24.3 Å². The number of amides is 1. The number of aromatic nitrogens is 5. The van der Waals surface area contributed by atoms with Crippen molar-refractivity contribution in [1.29, 1.82) is 0 Å². The lowest BCUT2D eigenvalue weighted by molar-refractivity contribution is 0.0952. The Morgan fingerprint density at radius 2 is 1.96 bits per heavy atom. The van der Waals surface area contributed by atoms with Gasteiger partial charge in [0, 0.05) is 36.9 Å². The zero-order valence-electron chi connectivity index (χ0n) is 15.3. The summed E-state index contributed by atoms with van der Waals surface area (Å²) in [4.78, 5) is 25.1. The maximum absolute atomic E-state index is 12.5. The summed E-state index contributed by atoms with van der Waals surface area (Å²) in [6.07, 6.45) is 4.97. The van der Waals surface area contributed by atoms with Crippen molar-refractivity contribution in [3.8, 4) is 5.82 Å². The Bertz CT molecular complexity index is 1120. The van der Waals surface area contributed by atoms with Crippen molar-refractivity contribution >= 4 is 22.5 Å². The number of benzene rings is 1. The van der Waals surface area contributed by atoms with Gasteiger partial charge in [0.15, 0.2) is 5.82 Å². The maximum atomic E-state index is 12.5. The van der Waals surface area contributed by atoms with Crippen LogP contribution in [-0.4, -0.2) is 43.7 Å². The van der Waals surface area contributed by atoms with Crippen LogP contribution >= 0.6 is 0 Å². The molecule has 3 heterocycles. The number of aryl methyl sites for hydroxylation is 1. The van der Waals surface area contributed by atoms with Gasteiger partial charge >= 0.3 is 0 Å². The smallest absolute Gasteiger partial charge is 0.270 e. The summed E-state index contributed by atoms with van der Waals surface area (Å²) in [5.74, 6) is 1.14. The number of pyridine rings is 1. The Kier molecular flexibility index (Phi) is 4.92. The third kappa shape index (κ3) is 3.80. The minimum atomic E-state index is -0.200. The van der Waals surface area contributed by atoms with Gasteiger partial charge in [-0.05, 0) is 24.4 Å². The largest absolute Gasteiger partial charge is 0.368 e. The highest BCUT2D eigenvalue weighted by Gasteiger charge is 2.10. The lowest BCUT2D eigenvalue weighted by Gasteiger charge is -2.09. The summed E-state index contributed by atoms with van der Waals surface area (Å²) in [7, 11) is 0. The van der Waals surface area contributed by atoms with Crippen molar-refractivity contribution in [2.75, 3.05) is 18.4 Å². The second-order valence-electron chi connectivity index (χ2n) is 6.23. The Labute approximate surface area is 161 Å². The van der Waals surface area contributed by atoms with Crippen LogP contribution in [0.15, 0.2) is 61.2 Å². The molecule has 4 rings (SSSR count). The van der Waals surface area contributed by atoms with Gasteiger partial charge in [-0.15, -0.1) is 0 Å². The van der Waals surface area contributed by atoms with Crippen molar-refractivity contribution in [3.63, 3.8) is 0 Å². The molecule has 3 aromatic heterocycles.